The van der Waals surface area contributed by atoms with E-state index < -0.39 is 26.7 Å². The van der Waals surface area contributed by atoms with E-state index in [4.69, 9.17) is 5.11 Å². The third kappa shape index (κ3) is 3.72. The minimum absolute atomic E-state index is 0.202. The summed E-state index contributed by atoms with van der Waals surface area (Å²) in [6.45, 7) is 4.55. The Hall–Kier alpha value is -1.51. The van der Waals surface area contributed by atoms with Crippen molar-refractivity contribution in [3.63, 3.8) is 0 Å². The Morgan fingerprint density at radius 1 is 1.37 bits per heavy atom. The zero-order chi connectivity index (χ0) is 14.8. The van der Waals surface area contributed by atoms with Gasteiger partial charge in [-0.1, -0.05) is 0 Å². The van der Waals surface area contributed by atoms with E-state index >= 15 is 0 Å². The SMILES string of the molecule is Cc1cc([N+](=O)[O-])c(S(=O)(=O)NCC(C)O)cc1C. The van der Waals surface area contributed by atoms with E-state index in [0.717, 1.165) is 0 Å². The van der Waals surface area contributed by atoms with Gasteiger partial charge in [0.15, 0.2) is 4.90 Å². The van der Waals surface area contributed by atoms with Gasteiger partial charge >= 0.3 is 0 Å². The van der Waals surface area contributed by atoms with Gasteiger partial charge in [-0.25, -0.2) is 13.1 Å². The number of hydrogen-bond donors (Lipinski definition) is 2. The van der Waals surface area contributed by atoms with Gasteiger partial charge in [-0.05, 0) is 38.0 Å². The van der Waals surface area contributed by atoms with Crippen LogP contribution in [0, 0.1) is 24.0 Å². The monoisotopic (exact) mass is 288 g/mol. The van der Waals surface area contributed by atoms with Gasteiger partial charge in [0.2, 0.25) is 10.0 Å². The van der Waals surface area contributed by atoms with Crippen LogP contribution in [-0.4, -0.2) is 31.1 Å². The third-order valence-electron chi connectivity index (χ3n) is 2.63. The Morgan fingerprint density at radius 3 is 2.37 bits per heavy atom. The number of rotatable bonds is 5. The van der Waals surface area contributed by atoms with Crippen LogP contribution in [-0.2, 0) is 10.0 Å². The molecule has 7 nitrogen and oxygen atoms in total. The Bertz CT molecular complexity index is 595. The molecule has 0 heterocycles. The first-order chi connectivity index (χ1) is 8.65. The molecule has 0 aliphatic heterocycles. The molecule has 1 rings (SSSR count). The average molecular weight is 288 g/mol. The fraction of sp³-hybridized carbons (Fsp3) is 0.455. The van der Waals surface area contributed by atoms with Crippen molar-refractivity contribution in [1.29, 1.82) is 0 Å². The lowest BCUT2D eigenvalue weighted by atomic mass is 10.1. The van der Waals surface area contributed by atoms with Crippen molar-refractivity contribution in [3.05, 3.63) is 33.4 Å². The number of hydrogen-bond acceptors (Lipinski definition) is 5. The second-order valence-corrected chi connectivity index (χ2v) is 6.10. The molecule has 0 fully saturated rings. The Kier molecular flexibility index (Phi) is 4.61. The van der Waals surface area contributed by atoms with Crippen LogP contribution in [0.25, 0.3) is 0 Å². The van der Waals surface area contributed by atoms with Crippen LogP contribution < -0.4 is 4.72 Å². The molecule has 19 heavy (non-hydrogen) atoms. The molecule has 0 spiro atoms. The Labute approximate surface area is 111 Å². The van der Waals surface area contributed by atoms with Gasteiger partial charge in [-0.15, -0.1) is 0 Å². The highest BCUT2D eigenvalue weighted by atomic mass is 32.2. The van der Waals surface area contributed by atoms with Crippen molar-refractivity contribution in [2.75, 3.05) is 6.54 Å². The van der Waals surface area contributed by atoms with E-state index in [1.165, 1.54) is 19.1 Å². The highest BCUT2D eigenvalue weighted by Crippen LogP contribution is 2.27. The first kappa shape index (κ1) is 15.5. The molecule has 0 amide bonds. The van der Waals surface area contributed by atoms with Crippen LogP contribution in [0.1, 0.15) is 18.1 Å². The average Bonchev–Trinajstić information content (AvgIpc) is 2.29. The maximum Gasteiger partial charge on any atom is 0.289 e. The van der Waals surface area contributed by atoms with Gasteiger partial charge in [-0.3, -0.25) is 10.1 Å². The molecule has 0 aromatic heterocycles. The summed E-state index contributed by atoms with van der Waals surface area (Å²) in [6, 6.07) is 2.49. The van der Waals surface area contributed by atoms with Crippen molar-refractivity contribution >= 4 is 15.7 Å². The summed E-state index contributed by atoms with van der Waals surface area (Å²) in [4.78, 5) is 9.81. The topological polar surface area (TPSA) is 110 Å². The van der Waals surface area contributed by atoms with E-state index in [1.54, 1.807) is 13.8 Å². The van der Waals surface area contributed by atoms with Crippen LogP contribution in [0.5, 0.6) is 0 Å². The fourth-order valence-electron chi connectivity index (χ4n) is 1.44. The lowest BCUT2D eigenvalue weighted by molar-refractivity contribution is -0.387. The van der Waals surface area contributed by atoms with Crippen molar-refractivity contribution in [2.24, 2.45) is 0 Å². The molecule has 2 N–H and O–H groups in total. The number of nitro benzene ring substituents is 1. The van der Waals surface area contributed by atoms with E-state index in [-0.39, 0.29) is 11.4 Å². The summed E-state index contributed by atoms with van der Waals surface area (Å²) in [7, 11) is -4.02. The van der Waals surface area contributed by atoms with E-state index in [0.29, 0.717) is 11.1 Å². The van der Waals surface area contributed by atoms with Crippen LogP contribution in [0.3, 0.4) is 0 Å². The number of nitrogens with one attached hydrogen (secondary N) is 1. The number of aryl methyl sites for hydroxylation is 2. The molecular formula is C11H16N2O5S. The van der Waals surface area contributed by atoms with Gasteiger partial charge in [0, 0.05) is 12.6 Å². The molecule has 1 atom stereocenters. The quantitative estimate of drug-likeness (QED) is 0.617. The lowest BCUT2D eigenvalue weighted by Gasteiger charge is -2.10. The molecule has 1 aromatic carbocycles. The predicted molar refractivity (Wildman–Crippen MR) is 69.4 cm³/mol. The highest BCUT2D eigenvalue weighted by molar-refractivity contribution is 7.89. The number of sulfonamides is 1. The van der Waals surface area contributed by atoms with E-state index in [2.05, 4.69) is 4.72 Å². The van der Waals surface area contributed by atoms with Gasteiger partial charge in [0.05, 0.1) is 11.0 Å². The zero-order valence-corrected chi connectivity index (χ0v) is 11.7. The number of aliphatic hydroxyl groups is 1. The molecule has 0 aliphatic carbocycles. The maximum absolute atomic E-state index is 12.0. The molecule has 1 aromatic rings. The van der Waals surface area contributed by atoms with Gasteiger partial charge in [-0.2, -0.15) is 0 Å². The molecule has 1 unspecified atom stereocenters. The molecule has 0 radical (unpaired) electrons. The molecule has 0 aliphatic rings. The molecule has 8 heteroatoms. The normalized spacial score (nSPS) is 13.3. The minimum Gasteiger partial charge on any atom is -0.392 e. The number of nitrogens with zero attached hydrogens (tertiary/aromatic N) is 1. The summed E-state index contributed by atoms with van der Waals surface area (Å²) in [6.07, 6.45) is -0.875. The van der Waals surface area contributed by atoms with Crippen molar-refractivity contribution < 1.29 is 18.4 Å². The van der Waals surface area contributed by atoms with E-state index in [9.17, 15) is 18.5 Å². The number of nitro groups is 1. The van der Waals surface area contributed by atoms with Crippen LogP contribution in [0.15, 0.2) is 17.0 Å². The summed E-state index contributed by atoms with van der Waals surface area (Å²) in [5.41, 5.74) is 0.811. The maximum atomic E-state index is 12.0. The van der Waals surface area contributed by atoms with Crippen LogP contribution in [0.2, 0.25) is 0 Å². The summed E-state index contributed by atoms with van der Waals surface area (Å²) >= 11 is 0. The number of benzene rings is 1. The Balaban J connectivity index is 3.32. The summed E-state index contributed by atoms with van der Waals surface area (Å²) < 4.78 is 26.1. The highest BCUT2D eigenvalue weighted by Gasteiger charge is 2.26. The minimum atomic E-state index is -4.02. The fourth-order valence-corrected chi connectivity index (χ4v) is 2.80. The standard InChI is InChI=1S/C11H16N2O5S/c1-7-4-10(13(15)16)11(5-8(7)2)19(17,18)12-6-9(3)14/h4-5,9,12,14H,6H2,1-3H3. The van der Waals surface area contributed by atoms with E-state index in [1.807, 2.05) is 0 Å². The smallest absolute Gasteiger partial charge is 0.289 e. The summed E-state index contributed by atoms with van der Waals surface area (Å²) in [5, 5.41) is 20.0. The molecule has 0 bridgehead atoms. The zero-order valence-electron chi connectivity index (χ0n) is 10.9. The molecule has 0 saturated carbocycles. The predicted octanol–water partition coefficient (Wildman–Crippen LogP) is 0.871. The van der Waals surface area contributed by atoms with Crippen molar-refractivity contribution in [2.45, 2.75) is 31.8 Å². The van der Waals surface area contributed by atoms with Gasteiger partial charge in [0.1, 0.15) is 0 Å². The first-order valence-corrected chi connectivity index (χ1v) is 7.07. The third-order valence-corrected chi connectivity index (χ3v) is 4.08. The molecule has 0 saturated heterocycles. The van der Waals surface area contributed by atoms with Gasteiger partial charge in [0.25, 0.3) is 5.69 Å². The number of aliphatic hydroxyl groups excluding tert-OH is 1. The second kappa shape index (κ2) is 5.64. The van der Waals surface area contributed by atoms with Gasteiger partial charge < -0.3 is 5.11 Å². The van der Waals surface area contributed by atoms with Crippen molar-refractivity contribution in [3.8, 4) is 0 Å². The van der Waals surface area contributed by atoms with Crippen LogP contribution >= 0.6 is 0 Å². The van der Waals surface area contributed by atoms with Crippen LogP contribution in [0.4, 0.5) is 5.69 Å². The molecular weight excluding hydrogens is 272 g/mol. The van der Waals surface area contributed by atoms with Crippen molar-refractivity contribution in [1.82, 2.24) is 4.72 Å². The second-order valence-electron chi connectivity index (χ2n) is 4.36. The first-order valence-electron chi connectivity index (χ1n) is 5.58. The molecule has 106 valence electrons. The Morgan fingerprint density at radius 2 is 1.89 bits per heavy atom. The largest absolute Gasteiger partial charge is 0.392 e. The lowest BCUT2D eigenvalue weighted by Crippen LogP contribution is -2.31. The summed E-state index contributed by atoms with van der Waals surface area (Å²) in [5.74, 6) is 0.